The molecule has 1 aromatic carbocycles. The number of alkyl halides is 1. The summed E-state index contributed by atoms with van der Waals surface area (Å²) in [7, 11) is 0. The maximum absolute atomic E-state index is 13.1. The van der Waals surface area contributed by atoms with Crippen molar-refractivity contribution in [2.75, 3.05) is 0 Å². The minimum Gasteiger partial charge on any atom is -0.490 e. The molecule has 0 heterocycles. The van der Waals surface area contributed by atoms with Gasteiger partial charge in [0.15, 0.2) is 0 Å². The Balaban J connectivity index is 2.06. The second-order valence-corrected chi connectivity index (χ2v) is 4.88. The highest BCUT2D eigenvalue weighted by Crippen LogP contribution is 2.27. The van der Waals surface area contributed by atoms with Crippen molar-refractivity contribution in [3.8, 4) is 5.75 Å². The van der Waals surface area contributed by atoms with Crippen LogP contribution in [0.2, 0.25) is 0 Å². The van der Waals surface area contributed by atoms with Crippen LogP contribution in [-0.2, 0) is 5.88 Å². The lowest BCUT2D eigenvalue weighted by molar-refractivity contribution is 0.182. The number of hydrogen-bond donors (Lipinski definition) is 0. The van der Waals surface area contributed by atoms with Crippen LogP contribution < -0.4 is 4.74 Å². The molecule has 0 unspecified atom stereocenters. The van der Waals surface area contributed by atoms with Crippen molar-refractivity contribution in [2.24, 2.45) is 0 Å². The van der Waals surface area contributed by atoms with E-state index in [0.717, 1.165) is 24.2 Å². The molecule has 1 aliphatic rings. The zero-order valence-corrected chi connectivity index (χ0v) is 10.7. The minimum absolute atomic E-state index is 0.256. The van der Waals surface area contributed by atoms with E-state index in [1.165, 1.54) is 37.8 Å². The van der Waals surface area contributed by atoms with Gasteiger partial charge >= 0.3 is 0 Å². The monoisotopic (exact) mass is 256 g/mol. The smallest absolute Gasteiger partial charge is 0.124 e. The Morgan fingerprint density at radius 2 is 1.88 bits per heavy atom. The minimum atomic E-state index is -0.256. The molecule has 0 aromatic heterocycles. The molecule has 17 heavy (non-hydrogen) atoms. The molecule has 1 nitrogen and oxygen atoms in total. The normalized spacial score (nSPS) is 17.8. The van der Waals surface area contributed by atoms with Crippen molar-refractivity contribution in [3.63, 3.8) is 0 Å². The van der Waals surface area contributed by atoms with Crippen molar-refractivity contribution >= 4 is 11.6 Å². The summed E-state index contributed by atoms with van der Waals surface area (Å²) >= 11 is 5.81. The largest absolute Gasteiger partial charge is 0.490 e. The summed E-state index contributed by atoms with van der Waals surface area (Å²) in [6, 6.07) is 4.58. The third-order valence-electron chi connectivity index (χ3n) is 3.26. The molecule has 0 saturated heterocycles. The molecule has 0 N–H and O–H groups in total. The van der Waals surface area contributed by atoms with Gasteiger partial charge in [0.1, 0.15) is 11.6 Å². The van der Waals surface area contributed by atoms with Gasteiger partial charge in [0.05, 0.1) is 12.0 Å². The van der Waals surface area contributed by atoms with Crippen LogP contribution in [0.25, 0.3) is 0 Å². The first kappa shape index (κ1) is 12.7. The Bertz CT molecular complexity index is 359. The van der Waals surface area contributed by atoms with Gasteiger partial charge in [-0.2, -0.15) is 0 Å². The molecular formula is C14H18ClFO. The Hall–Kier alpha value is -0.760. The molecule has 0 atom stereocenters. The molecule has 1 saturated carbocycles. The summed E-state index contributed by atoms with van der Waals surface area (Å²) in [5.41, 5.74) is 0.746. The fraction of sp³-hybridized carbons (Fsp3) is 0.571. The highest BCUT2D eigenvalue weighted by Gasteiger charge is 2.15. The van der Waals surface area contributed by atoms with Gasteiger partial charge in [0.25, 0.3) is 0 Å². The van der Waals surface area contributed by atoms with E-state index in [9.17, 15) is 4.39 Å². The van der Waals surface area contributed by atoms with Gasteiger partial charge in [0.2, 0.25) is 0 Å². The third kappa shape index (κ3) is 3.60. The van der Waals surface area contributed by atoms with Crippen LogP contribution in [0.5, 0.6) is 5.75 Å². The summed E-state index contributed by atoms with van der Waals surface area (Å²) in [5.74, 6) is 0.780. The van der Waals surface area contributed by atoms with Gasteiger partial charge in [-0.15, -0.1) is 11.6 Å². The Labute approximate surface area is 107 Å². The van der Waals surface area contributed by atoms with Crippen molar-refractivity contribution in [2.45, 2.75) is 50.5 Å². The highest BCUT2D eigenvalue weighted by molar-refractivity contribution is 6.17. The first-order valence-corrected chi connectivity index (χ1v) is 6.84. The molecule has 0 spiro atoms. The van der Waals surface area contributed by atoms with Crippen LogP contribution in [0.4, 0.5) is 4.39 Å². The fourth-order valence-corrected chi connectivity index (χ4v) is 2.52. The summed E-state index contributed by atoms with van der Waals surface area (Å²) in [6.45, 7) is 0. The summed E-state index contributed by atoms with van der Waals surface area (Å²) < 4.78 is 19.0. The van der Waals surface area contributed by atoms with E-state index in [1.54, 1.807) is 6.07 Å². The van der Waals surface area contributed by atoms with Crippen molar-refractivity contribution in [1.82, 2.24) is 0 Å². The second kappa shape index (κ2) is 6.25. The molecule has 94 valence electrons. The predicted molar refractivity (Wildman–Crippen MR) is 68.1 cm³/mol. The van der Waals surface area contributed by atoms with Gasteiger partial charge < -0.3 is 4.74 Å². The van der Waals surface area contributed by atoms with Crippen LogP contribution in [0, 0.1) is 5.82 Å². The molecular weight excluding hydrogens is 239 g/mol. The first-order valence-electron chi connectivity index (χ1n) is 6.30. The Morgan fingerprint density at radius 1 is 1.18 bits per heavy atom. The lowest BCUT2D eigenvalue weighted by atomic mass is 10.1. The van der Waals surface area contributed by atoms with E-state index in [4.69, 9.17) is 16.3 Å². The first-order chi connectivity index (χ1) is 8.29. The molecule has 1 aliphatic carbocycles. The summed E-state index contributed by atoms with van der Waals surface area (Å²) in [5, 5.41) is 0. The second-order valence-electron chi connectivity index (χ2n) is 4.62. The lowest BCUT2D eigenvalue weighted by Gasteiger charge is -2.18. The average Bonchev–Trinajstić information content (AvgIpc) is 2.60. The van der Waals surface area contributed by atoms with E-state index >= 15 is 0 Å². The molecule has 0 aliphatic heterocycles. The van der Waals surface area contributed by atoms with Gasteiger partial charge in [-0.3, -0.25) is 0 Å². The molecule has 3 heteroatoms. The summed E-state index contributed by atoms with van der Waals surface area (Å²) in [4.78, 5) is 0. The van der Waals surface area contributed by atoms with Crippen LogP contribution in [0.3, 0.4) is 0 Å². The number of halogens is 2. The summed E-state index contributed by atoms with van der Waals surface area (Å²) in [6.07, 6.45) is 7.50. The van der Waals surface area contributed by atoms with Crippen molar-refractivity contribution < 1.29 is 9.13 Å². The number of rotatable bonds is 3. The fourth-order valence-electron chi connectivity index (χ4n) is 2.31. The molecule has 0 bridgehead atoms. The third-order valence-corrected chi connectivity index (χ3v) is 3.55. The van der Waals surface area contributed by atoms with Crippen LogP contribution in [-0.4, -0.2) is 6.10 Å². The van der Waals surface area contributed by atoms with Gasteiger partial charge in [-0.05, 0) is 43.9 Å². The van der Waals surface area contributed by atoms with E-state index < -0.39 is 0 Å². The average molecular weight is 257 g/mol. The lowest BCUT2D eigenvalue weighted by Crippen LogP contribution is -2.15. The van der Waals surface area contributed by atoms with Crippen LogP contribution in [0.1, 0.15) is 44.1 Å². The highest BCUT2D eigenvalue weighted by atomic mass is 35.5. The van der Waals surface area contributed by atoms with Gasteiger partial charge in [-0.25, -0.2) is 4.39 Å². The SMILES string of the molecule is Fc1ccc(OC2CCCCCC2)c(CCl)c1. The number of benzene rings is 1. The molecule has 0 radical (unpaired) electrons. The predicted octanol–water partition coefficient (Wildman–Crippen LogP) is 4.67. The standard InChI is InChI=1S/C14H18ClFO/c15-10-11-9-12(16)7-8-14(11)17-13-5-3-1-2-4-6-13/h7-9,13H,1-6,10H2. The van der Waals surface area contributed by atoms with E-state index in [1.807, 2.05) is 0 Å². The maximum atomic E-state index is 13.1. The van der Waals surface area contributed by atoms with Crippen LogP contribution in [0.15, 0.2) is 18.2 Å². The Morgan fingerprint density at radius 3 is 2.53 bits per heavy atom. The van der Waals surface area contributed by atoms with Crippen molar-refractivity contribution in [1.29, 1.82) is 0 Å². The molecule has 1 fully saturated rings. The topological polar surface area (TPSA) is 9.23 Å². The quantitative estimate of drug-likeness (QED) is 0.564. The van der Waals surface area contributed by atoms with E-state index in [0.29, 0.717) is 5.88 Å². The zero-order chi connectivity index (χ0) is 12.1. The van der Waals surface area contributed by atoms with Crippen LogP contribution >= 0.6 is 11.6 Å². The van der Waals surface area contributed by atoms with Gasteiger partial charge in [-0.1, -0.05) is 12.8 Å². The van der Waals surface area contributed by atoms with E-state index in [2.05, 4.69) is 0 Å². The number of hydrogen-bond acceptors (Lipinski definition) is 1. The van der Waals surface area contributed by atoms with E-state index in [-0.39, 0.29) is 11.9 Å². The molecule has 2 rings (SSSR count). The zero-order valence-electron chi connectivity index (χ0n) is 9.92. The molecule has 1 aromatic rings. The maximum Gasteiger partial charge on any atom is 0.124 e. The molecule has 0 amide bonds. The number of ether oxygens (including phenoxy) is 1. The van der Waals surface area contributed by atoms with Gasteiger partial charge in [0, 0.05) is 5.56 Å². The van der Waals surface area contributed by atoms with Crippen molar-refractivity contribution in [3.05, 3.63) is 29.6 Å². The Kier molecular flexibility index (Phi) is 4.66.